The van der Waals surface area contributed by atoms with Gasteiger partial charge in [0.25, 0.3) is 6.02 Å². The van der Waals surface area contributed by atoms with Gasteiger partial charge < -0.3 is 15.2 Å². The molecule has 1 aromatic carbocycles. The normalized spacial score (nSPS) is 22.9. The summed E-state index contributed by atoms with van der Waals surface area (Å²) in [6.07, 6.45) is 0.953. The van der Waals surface area contributed by atoms with Crippen molar-refractivity contribution in [3.05, 3.63) is 33.3 Å². The van der Waals surface area contributed by atoms with Crippen molar-refractivity contribution in [1.82, 2.24) is 0 Å². The molecule has 0 aliphatic carbocycles. The Hall–Kier alpha value is -1.07. The quantitative estimate of drug-likeness (QED) is 0.861. The molecule has 0 radical (unpaired) electrons. The van der Waals surface area contributed by atoms with Gasteiger partial charge in [-0.2, -0.15) is 0 Å². The topological polar surface area (TPSA) is 56.8 Å². The lowest BCUT2D eigenvalue weighted by molar-refractivity contribution is 0.109. The van der Waals surface area contributed by atoms with E-state index in [0.29, 0.717) is 13.2 Å². The number of halogens is 1. The van der Waals surface area contributed by atoms with Crippen molar-refractivity contribution in [2.75, 3.05) is 13.2 Å². The van der Waals surface area contributed by atoms with Gasteiger partial charge in [0.15, 0.2) is 0 Å². The summed E-state index contributed by atoms with van der Waals surface area (Å²) in [5.41, 5.74) is 9.30. The fraction of sp³-hybridized carbons (Fsp3) is 0.417. The molecule has 2 aliphatic rings. The van der Waals surface area contributed by atoms with E-state index in [1.54, 1.807) is 0 Å². The lowest BCUT2D eigenvalue weighted by Crippen LogP contribution is -2.14. The third-order valence-electron chi connectivity index (χ3n) is 3.13. The van der Waals surface area contributed by atoms with Crippen LogP contribution in [0.2, 0.25) is 0 Å². The van der Waals surface area contributed by atoms with Crippen LogP contribution in [0, 0.1) is 0 Å². The molecular weight excluding hydrogens is 284 g/mol. The highest BCUT2D eigenvalue weighted by molar-refractivity contribution is 9.10. The summed E-state index contributed by atoms with van der Waals surface area (Å²) in [5.74, 6) is 0. The SMILES string of the molecule is NC1=NC(c2cc(Br)cc3c2COCC3)CO1. The van der Waals surface area contributed by atoms with E-state index in [4.69, 9.17) is 15.2 Å². The van der Waals surface area contributed by atoms with Crippen LogP contribution in [0.5, 0.6) is 0 Å². The number of fused-ring (bicyclic) bond motifs is 1. The molecular formula is C12H13BrN2O2. The predicted octanol–water partition coefficient (Wildman–Crippen LogP) is 1.91. The van der Waals surface area contributed by atoms with Gasteiger partial charge in [0.1, 0.15) is 12.6 Å². The van der Waals surface area contributed by atoms with Crippen molar-refractivity contribution < 1.29 is 9.47 Å². The number of amidine groups is 1. The van der Waals surface area contributed by atoms with Crippen LogP contribution in [0.4, 0.5) is 0 Å². The third kappa shape index (κ3) is 2.05. The largest absolute Gasteiger partial charge is 0.463 e. The zero-order chi connectivity index (χ0) is 11.8. The lowest BCUT2D eigenvalue weighted by atomic mass is 9.94. The molecule has 2 heterocycles. The van der Waals surface area contributed by atoms with E-state index in [-0.39, 0.29) is 12.1 Å². The molecule has 3 rings (SSSR count). The lowest BCUT2D eigenvalue weighted by Gasteiger charge is -2.21. The minimum atomic E-state index is 0.00273. The van der Waals surface area contributed by atoms with Gasteiger partial charge in [-0.25, -0.2) is 4.99 Å². The van der Waals surface area contributed by atoms with E-state index < -0.39 is 0 Å². The summed E-state index contributed by atoms with van der Waals surface area (Å²) in [6, 6.07) is 4.52. The number of rotatable bonds is 1. The number of aliphatic imine (C=N–C) groups is 1. The predicted molar refractivity (Wildman–Crippen MR) is 67.8 cm³/mol. The molecule has 0 saturated heterocycles. The fourth-order valence-corrected chi connectivity index (χ4v) is 2.84. The van der Waals surface area contributed by atoms with Crippen molar-refractivity contribution in [1.29, 1.82) is 0 Å². The molecule has 5 heteroatoms. The number of ether oxygens (including phenoxy) is 2. The Bertz CT molecular complexity index is 488. The molecule has 17 heavy (non-hydrogen) atoms. The van der Waals surface area contributed by atoms with E-state index in [1.165, 1.54) is 11.1 Å². The summed E-state index contributed by atoms with van der Waals surface area (Å²) < 4.78 is 11.8. The molecule has 0 amide bonds. The maximum absolute atomic E-state index is 5.56. The van der Waals surface area contributed by atoms with Crippen molar-refractivity contribution in [3.63, 3.8) is 0 Å². The third-order valence-corrected chi connectivity index (χ3v) is 3.59. The van der Waals surface area contributed by atoms with Crippen LogP contribution in [0.25, 0.3) is 0 Å². The number of nitrogens with two attached hydrogens (primary N) is 1. The first-order chi connectivity index (χ1) is 8.24. The number of hydrogen-bond acceptors (Lipinski definition) is 4. The van der Waals surface area contributed by atoms with Crippen LogP contribution in [-0.2, 0) is 22.5 Å². The van der Waals surface area contributed by atoms with Gasteiger partial charge in [-0.05, 0) is 35.2 Å². The molecule has 0 aromatic heterocycles. The van der Waals surface area contributed by atoms with Gasteiger partial charge in [-0.15, -0.1) is 0 Å². The fourth-order valence-electron chi connectivity index (χ4n) is 2.32. The summed E-state index contributed by atoms with van der Waals surface area (Å²) >= 11 is 3.54. The summed E-state index contributed by atoms with van der Waals surface area (Å²) in [4.78, 5) is 4.30. The van der Waals surface area contributed by atoms with Crippen LogP contribution < -0.4 is 5.73 Å². The minimum Gasteiger partial charge on any atom is -0.463 e. The summed E-state index contributed by atoms with van der Waals surface area (Å²) in [5, 5.41) is 0. The zero-order valence-electron chi connectivity index (χ0n) is 9.28. The van der Waals surface area contributed by atoms with Crippen LogP contribution in [0.1, 0.15) is 22.7 Å². The number of benzene rings is 1. The smallest absolute Gasteiger partial charge is 0.282 e. The minimum absolute atomic E-state index is 0.00273. The molecule has 0 saturated carbocycles. The Morgan fingerprint density at radius 3 is 3.06 bits per heavy atom. The second-order valence-corrected chi connectivity index (χ2v) is 5.15. The molecule has 1 aromatic rings. The molecule has 90 valence electrons. The highest BCUT2D eigenvalue weighted by Gasteiger charge is 2.24. The average molecular weight is 297 g/mol. The Morgan fingerprint density at radius 1 is 1.41 bits per heavy atom. The first-order valence-electron chi connectivity index (χ1n) is 5.59. The van der Waals surface area contributed by atoms with Gasteiger partial charge in [0.05, 0.1) is 13.2 Å². The molecule has 2 N–H and O–H groups in total. The van der Waals surface area contributed by atoms with E-state index in [9.17, 15) is 0 Å². The van der Waals surface area contributed by atoms with Crippen LogP contribution in [0.15, 0.2) is 21.6 Å². The highest BCUT2D eigenvalue weighted by atomic mass is 79.9. The van der Waals surface area contributed by atoms with E-state index in [2.05, 4.69) is 33.1 Å². The van der Waals surface area contributed by atoms with Gasteiger partial charge in [0.2, 0.25) is 0 Å². The Morgan fingerprint density at radius 2 is 2.29 bits per heavy atom. The average Bonchev–Trinajstić information content (AvgIpc) is 2.74. The molecule has 0 spiro atoms. The van der Waals surface area contributed by atoms with Crippen LogP contribution in [0.3, 0.4) is 0 Å². The van der Waals surface area contributed by atoms with Gasteiger partial charge in [0, 0.05) is 4.47 Å². The van der Waals surface area contributed by atoms with Crippen molar-refractivity contribution >= 4 is 22.0 Å². The highest BCUT2D eigenvalue weighted by Crippen LogP contribution is 2.33. The van der Waals surface area contributed by atoms with E-state index in [0.717, 1.165) is 23.1 Å². The second-order valence-electron chi connectivity index (χ2n) is 4.23. The zero-order valence-corrected chi connectivity index (χ0v) is 10.9. The monoisotopic (exact) mass is 296 g/mol. The molecule has 1 unspecified atom stereocenters. The number of nitrogens with zero attached hydrogens (tertiary/aromatic N) is 1. The van der Waals surface area contributed by atoms with E-state index >= 15 is 0 Å². The maximum atomic E-state index is 5.56. The van der Waals surface area contributed by atoms with Crippen LogP contribution >= 0.6 is 15.9 Å². The van der Waals surface area contributed by atoms with Gasteiger partial charge in [-0.3, -0.25) is 0 Å². The maximum Gasteiger partial charge on any atom is 0.282 e. The molecule has 1 atom stereocenters. The second kappa shape index (κ2) is 4.31. The molecule has 4 nitrogen and oxygen atoms in total. The van der Waals surface area contributed by atoms with Gasteiger partial charge >= 0.3 is 0 Å². The standard InChI is InChI=1S/C12H13BrN2O2/c13-8-3-7-1-2-16-5-10(7)9(4-8)11-6-17-12(14)15-11/h3-4,11H,1-2,5-6H2,(H2,14,15). The van der Waals surface area contributed by atoms with Crippen LogP contribution in [-0.4, -0.2) is 19.2 Å². The van der Waals surface area contributed by atoms with Gasteiger partial charge in [-0.1, -0.05) is 15.9 Å². The first kappa shape index (κ1) is 11.0. The molecule has 0 fully saturated rings. The summed E-state index contributed by atoms with van der Waals surface area (Å²) in [7, 11) is 0. The number of hydrogen-bond donors (Lipinski definition) is 1. The van der Waals surface area contributed by atoms with Crippen molar-refractivity contribution in [2.24, 2.45) is 10.7 Å². The Balaban J connectivity index is 2.06. The molecule has 2 aliphatic heterocycles. The first-order valence-corrected chi connectivity index (χ1v) is 6.38. The Kier molecular flexibility index (Phi) is 2.80. The van der Waals surface area contributed by atoms with E-state index in [1.807, 2.05) is 0 Å². The van der Waals surface area contributed by atoms with Crippen molar-refractivity contribution in [3.8, 4) is 0 Å². The summed E-state index contributed by atoms with van der Waals surface area (Å²) in [6.45, 7) is 1.97. The molecule has 0 bridgehead atoms. The Labute approximate surface area is 108 Å². The van der Waals surface area contributed by atoms with Crippen molar-refractivity contribution in [2.45, 2.75) is 19.1 Å².